The van der Waals surface area contributed by atoms with Gasteiger partial charge in [0.25, 0.3) is 0 Å². The fraction of sp³-hybridized carbons (Fsp3) is 0.375. The summed E-state index contributed by atoms with van der Waals surface area (Å²) >= 11 is 6.06. The second-order valence-corrected chi connectivity index (χ2v) is 5.74. The summed E-state index contributed by atoms with van der Waals surface area (Å²) in [5.41, 5.74) is 2.73. The monoisotopic (exact) mass is 320 g/mol. The van der Waals surface area contributed by atoms with Crippen molar-refractivity contribution in [2.75, 3.05) is 18.9 Å². The van der Waals surface area contributed by atoms with E-state index in [4.69, 9.17) is 11.6 Å². The van der Waals surface area contributed by atoms with Gasteiger partial charge in [-0.05, 0) is 38.6 Å². The number of halogens is 1. The Hall–Kier alpha value is -1.85. The van der Waals surface area contributed by atoms with Crippen molar-refractivity contribution in [2.45, 2.75) is 26.9 Å². The Balaban J connectivity index is 1.89. The first-order valence-electron chi connectivity index (χ1n) is 7.24. The van der Waals surface area contributed by atoms with E-state index in [-0.39, 0.29) is 5.91 Å². The molecule has 0 atom stereocenters. The molecule has 0 spiro atoms. The average molecular weight is 321 g/mol. The zero-order chi connectivity index (χ0) is 16.1. The average Bonchev–Trinajstić information content (AvgIpc) is 2.91. The Morgan fingerprint density at radius 1 is 1.45 bits per heavy atom. The number of nitrogens with zero attached hydrogens (tertiary/aromatic N) is 3. The molecule has 0 aliphatic heterocycles. The van der Waals surface area contributed by atoms with Crippen LogP contribution in [0.2, 0.25) is 5.02 Å². The standard InChI is InChI=1S/C16H21ClN4O/c1-4-21-10-13(8-18-21)9-20(3)11-16(22)19-15-7-5-6-14(17)12(15)2/h5-8,10H,4,9,11H2,1-3H3,(H,19,22). The molecule has 0 saturated carbocycles. The minimum atomic E-state index is -0.0595. The van der Waals surface area contributed by atoms with E-state index in [9.17, 15) is 4.79 Å². The topological polar surface area (TPSA) is 50.2 Å². The Labute approximate surface area is 135 Å². The number of likely N-dealkylation sites (N-methyl/N-ethyl adjacent to an activating group) is 1. The van der Waals surface area contributed by atoms with Gasteiger partial charge in [-0.2, -0.15) is 5.10 Å². The number of hydrogen-bond donors (Lipinski definition) is 1. The zero-order valence-corrected chi connectivity index (χ0v) is 13.9. The van der Waals surface area contributed by atoms with Gasteiger partial charge in [-0.25, -0.2) is 0 Å². The summed E-state index contributed by atoms with van der Waals surface area (Å²) < 4.78 is 1.87. The lowest BCUT2D eigenvalue weighted by molar-refractivity contribution is -0.117. The fourth-order valence-corrected chi connectivity index (χ4v) is 2.38. The number of aryl methyl sites for hydroxylation is 1. The molecule has 1 aromatic heterocycles. The first kappa shape index (κ1) is 16.5. The first-order valence-corrected chi connectivity index (χ1v) is 7.62. The minimum absolute atomic E-state index is 0.0595. The Bertz CT molecular complexity index is 653. The van der Waals surface area contributed by atoms with E-state index in [0.29, 0.717) is 18.1 Å². The first-order chi connectivity index (χ1) is 10.5. The van der Waals surface area contributed by atoms with Crippen molar-refractivity contribution in [3.63, 3.8) is 0 Å². The Kier molecular flexibility index (Phi) is 5.57. The van der Waals surface area contributed by atoms with Gasteiger partial charge in [0.05, 0.1) is 12.7 Å². The summed E-state index contributed by atoms with van der Waals surface area (Å²) in [6, 6.07) is 5.49. The number of carbonyl (C=O) groups excluding carboxylic acids is 1. The molecule has 0 aliphatic carbocycles. The highest BCUT2D eigenvalue weighted by molar-refractivity contribution is 6.31. The molecule has 0 bridgehead atoms. The Morgan fingerprint density at radius 2 is 2.23 bits per heavy atom. The van der Waals surface area contributed by atoms with Gasteiger partial charge in [0.15, 0.2) is 0 Å². The molecule has 1 heterocycles. The largest absolute Gasteiger partial charge is 0.325 e. The normalized spacial score (nSPS) is 11.0. The molecule has 0 saturated heterocycles. The molecular formula is C16H21ClN4O. The van der Waals surface area contributed by atoms with E-state index in [2.05, 4.69) is 10.4 Å². The van der Waals surface area contributed by atoms with Gasteiger partial charge in [0.1, 0.15) is 0 Å². The SMILES string of the molecule is CCn1cc(CN(C)CC(=O)Nc2cccc(Cl)c2C)cn1. The molecular weight excluding hydrogens is 300 g/mol. The lowest BCUT2D eigenvalue weighted by Gasteiger charge is -2.16. The maximum absolute atomic E-state index is 12.1. The minimum Gasteiger partial charge on any atom is -0.325 e. The third kappa shape index (κ3) is 4.32. The van der Waals surface area contributed by atoms with Crippen molar-refractivity contribution < 1.29 is 4.79 Å². The number of amides is 1. The highest BCUT2D eigenvalue weighted by Crippen LogP contribution is 2.22. The summed E-state index contributed by atoms with van der Waals surface area (Å²) in [4.78, 5) is 14.1. The fourth-order valence-electron chi connectivity index (χ4n) is 2.21. The predicted molar refractivity (Wildman–Crippen MR) is 89.1 cm³/mol. The predicted octanol–water partition coefficient (Wildman–Crippen LogP) is 2.94. The van der Waals surface area contributed by atoms with Crippen molar-refractivity contribution in [3.8, 4) is 0 Å². The van der Waals surface area contributed by atoms with Gasteiger partial charge < -0.3 is 5.32 Å². The summed E-state index contributed by atoms with van der Waals surface area (Å²) in [6.07, 6.45) is 3.83. The maximum Gasteiger partial charge on any atom is 0.238 e. The number of carbonyl (C=O) groups is 1. The van der Waals surface area contributed by atoms with Crippen molar-refractivity contribution in [2.24, 2.45) is 0 Å². The van der Waals surface area contributed by atoms with Crippen LogP contribution in [0.1, 0.15) is 18.1 Å². The summed E-state index contributed by atoms with van der Waals surface area (Å²) in [5.74, 6) is -0.0595. The van der Waals surface area contributed by atoms with Gasteiger partial charge in [0.2, 0.25) is 5.91 Å². The lowest BCUT2D eigenvalue weighted by Crippen LogP contribution is -2.30. The molecule has 0 fully saturated rings. The van der Waals surface area contributed by atoms with Crippen molar-refractivity contribution in [1.82, 2.24) is 14.7 Å². The molecule has 1 aromatic carbocycles. The molecule has 1 amide bonds. The van der Waals surface area contributed by atoms with Crippen LogP contribution in [0.3, 0.4) is 0 Å². The van der Waals surface area contributed by atoms with Crippen LogP contribution >= 0.6 is 11.6 Å². The zero-order valence-electron chi connectivity index (χ0n) is 13.1. The van der Waals surface area contributed by atoms with Crippen LogP contribution in [0.5, 0.6) is 0 Å². The smallest absolute Gasteiger partial charge is 0.238 e. The van der Waals surface area contributed by atoms with Crippen LogP contribution in [0.15, 0.2) is 30.6 Å². The number of aromatic nitrogens is 2. The maximum atomic E-state index is 12.1. The molecule has 2 aromatic rings. The van der Waals surface area contributed by atoms with Gasteiger partial charge in [-0.1, -0.05) is 17.7 Å². The van der Waals surface area contributed by atoms with Gasteiger partial charge >= 0.3 is 0 Å². The van der Waals surface area contributed by atoms with Crippen molar-refractivity contribution >= 4 is 23.2 Å². The van der Waals surface area contributed by atoms with Gasteiger partial charge in [0, 0.05) is 35.6 Å². The molecule has 1 N–H and O–H groups in total. The second kappa shape index (κ2) is 7.42. The molecule has 22 heavy (non-hydrogen) atoms. The van der Waals surface area contributed by atoms with Crippen LogP contribution < -0.4 is 5.32 Å². The van der Waals surface area contributed by atoms with Gasteiger partial charge in [-0.15, -0.1) is 0 Å². The van der Waals surface area contributed by atoms with E-state index in [1.807, 2.05) is 61.1 Å². The van der Waals surface area contributed by atoms with E-state index in [1.165, 1.54) is 0 Å². The van der Waals surface area contributed by atoms with Gasteiger partial charge in [-0.3, -0.25) is 14.4 Å². The number of hydrogen-bond acceptors (Lipinski definition) is 3. The van der Waals surface area contributed by atoms with E-state index < -0.39 is 0 Å². The summed E-state index contributed by atoms with van der Waals surface area (Å²) in [5, 5.41) is 7.78. The number of nitrogens with one attached hydrogen (secondary N) is 1. The van der Waals surface area contributed by atoms with Crippen LogP contribution in [0.25, 0.3) is 0 Å². The molecule has 5 nitrogen and oxygen atoms in total. The molecule has 6 heteroatoms. The molecule has 0 aliphatic rings. The number of anilines is 1. The lowest BCUT2D eigenvalue weighted by atomic mass is 10.2. The summed E-state index contributed by atoms with van der Waals surface area (Å²) in [6.45, 7) is 5.77. The molecule has 118 valence electrons. The van der Waals surface area contributed by atoms with Crippen LogP contribution in [0, 0.1) is 6.92 Å². The molecule has 0 radical (unpaired) electrons. The quantitative estimate of drug-likeness (QED) is 0.890. The third-order valence-electron chi connectivity index (χ3n) is 3.42. The Morgan fingerprint density at radius 3 is 2.91 bits per heavy atom. The highest BCUT2D eigenvalue weighted by atomic mass is 35.5. The highest BCUT2D eigenvalue weighted by Gasteiger charge is 2.10. The van der Waals surface area contributed by atoms with Crippen LogP contribution in [-0.2, 0) is 17.9 Å². The van der Waals surface area contributed by atoms with Crippen LogP contribution in [-0.4, -0.2) is 34.2 Å². The van der Waals surface area contributed by atoms with Crippen LogP contribution in [0.4, 0.5) is 5.69 Å². The number of benzene rings is 1. The third-order valence-corrected chi connectivity index (χ3v) is 3.83. The summed E-state index contributed by atoms with van der Waals surface area (Å²) in [7, 11) is 1.91. The van der Waals surface area contributed by atoms with Crippen molar-refractivity contribution in [3.05, 3.63) is 46.7 Å². The van der Waals surface area contributed by atoms with E-state index >= 15 is 0 Å². The number of rotatable bonds is 6. The van der Waals surface area contributed by atoms with E-state index in [0.717, 1.165) is 23.4 Å². The van der Waals surface area contributed by atoms with Crippen molar-refractivity contribution in [1.29, 1.82) is 0 Å². The molecule has 2 rings (SSSR count). The van der Waals surface area contributed by atoms with E-state index in [1.54, 1.807) is 0 Å². The second-order valence-electron chi connectivity index (χ2n) is 5.34. The molecule has 0 unspecified atom stereocenters.